The van der Waals surface area contributed by atoms with Crippen LogP contribution in [-0.4, -0.2) is 47.1 Å². The van der Waals surface area contributed by atoms with Crippen LogP contribution in [0.5, 0.6) is 5.75 Å². The number of halogens is 1. The van der Waals surface area contributed by atoms with Crippen LogP contribution in [0.3, 0.4) is 0 Å². The molecule has 1 aliphatic heterocycles. The second kappa shape index (κ2) is 9.10. The molecular formula is C20H25ClN4O3. The first kappa shape index (κ1) is 20.2. The quantitative estimate of drug-likeness (QED) is 0.769. The number of aromatic amines is 1. The minimum Gasteiger partial charge on any atom is -0.495 e. The minimum absolute atomic E-state index is 0.0536. The maximum absolute atomic E-state index is 12.6. The average Bonchev–Trinajstić information content (AvgIpc) is 3.12. The molecule has 2 heterocycles. The maximum Gasteiger partial charge on any atom is 0.274 e. The van der Waals surface area contributed by atoms with Crippen molar-refractivity contribution in [2.75, 3.05) is 25.5 Å². The number of nitrogens with zero attached hydrogens (tertiary/aromatic N) is 2. The Morgan fingerprint density at radius 3 is 2.93 bits per heavy atom. The molecule has 2 N–H and O–H groups in total. The number of methoxy groups -OCH3 is 1. The van der Waals surface area contributed by atoms with Gasteiger partial charge in [-0.05, 0) is 56.4 Å². The number of carbonyl (C=O) groups is 2. The molecule has 1 atom stereocenters. The molecule has 1 aromatic carbocycles. The zero-order valence-corrected chi connectivity index (χ0v) is 16.9. The summed E-state index contributed by atoms with van der Waals surface area (Å²) < 4.78 is 5.25. The number of ether oxygens (including phenoxy) is 1. The molecule has 3 rings (SSSR count). The molecule has 1 aliphatic rings. The minimum atomic E-state index is -0.0908. The van der Waals surface area contributed by atoms with E-state index in [4.69, 9.17) is 16.3 Å². The molecule has 0 spiro atoms. The van der Waals surface area contributed by atoms with Gasteiger partial charge in [-0.1, -0.05) is 11.6 Å². The summed E-state index contributed by atoms with van der Waals surface area (Å²) >= 11 is 6.00. The summed E-state index contributed by atoms with van der Waals surface area (Å²) in [7, 11) is 1.55. The van der Waals surface area contributed by atoms with E-state index in [0.29, 0.717) is 41.0 Å². The number of H-pyrrole nitrogens is 1. The summed E-state index contributed by atoms with van der Waals surface area (Å²) in [6.45, 7) is 3.25. The summed E-state index contributed by atoms with van der Waals surface area (Å²) in [5.41, 5.74) is 1.88. The van der Waals surface area contributed by atoms with Gasteiger partial charge in [0, 0.05) is 30.2 Å². The van der Waals surface area contributed by atoms with E-state index >= 15 is 0 Å². The standard InChI is InChI=1S/C20H25ClN4O3/c1-13-10-17(24-23-13)20(27)25-9-3-4-14(12-25)5-8-19(26)22-16-11-15(21)6-7-18(16)28-2/h6-7,10-11,14H,3-5,8-9,12H2,1-2H3,(H,22,26)(H,23,24). The van der Waals surface area contributed by atoms with Gasteiger partial charge in [-0.15, -0.1) is 0 Å². The molecular weight excluding hydrogens is 380 g/mol. The summed E-state index contributed by atoms with van der Waals surface area (Å²) in [6, 6.07) is 6.87. The highest BCUT2D eigenvalue weighted by Crippen LogP contribution is 2.28. The predicted octanol–water partition coefficient (Wildman–Crippen LogP) is 3.65. The van der Waals surface area contributed by atoms with Crippen LogP contribution in [0.2, 0.25) is 5.02 Å². The van der Waals surface area contributed by atoms with Gasteiger partial charge in [-0.2, -0.15) is 5.10 Å². The Kier molecular flexibility index (Phi) is 6.57. The van der Waals surface area contributed by atoms with Crippen LogP contribution in [0.4, 0.5) is 5.69 Å². The van der Waals surface area contributed by atoms with Crippen LogP contribution < -0.4 is 10.1 Å². The highest BCUT2D eigenvalue weighted by atomic mass is 35.5. The number of hydrogen-bond donors (Lipinski definition) is 2. The molecule has 0 aliphatic carbocycles. The first-order chi connectivity index (χ1) is 13.5. The molecule has 0 saturated carbocycles. The third-order valence-electron chi connectivity index (χ3n) is 4.95. The van der Waals surface area contributed by atoms with Crippen molar-refractivity contribution in [1.82, 2.24) is 15.1 Å². The Labute approximate surface area is 169 Å². The zero-order valence-electron chi connectivity index (χ0n) is 16.1. The van der Waals surface area contributed by atoms with Gasteiger partial charge in [0.25, 0.3) is 5.91 Å². The first-order valence-corrected chi connectivity index (χ1v) is 9.78. The Bertz CT molecular complexity index is 852. The Morgan fingerprint density at radius 2 is 2.21 bits per heavy atom. The van der Waals surface area contributed by atoms with E-state index in [-0.39, 0.29) is 11.8 Å². The fourth-order valence-corrected chi connectivity index (χ4v) is 3.67. The number of aryl methyl sites for hydroxylation is 1. The lowest BCUT2D eigenvalue weighted by Gasteiger charge is -2.32. The molecule has 0 bridgehead atoms. The lowest BCUT2D eigenvalue weighted by Crippen LogP contribution is -2.40. The number of amides is 2. The number of benzene rings is 1. The van der Waals surface area contributed by atoms with E-state index < -0.39 is 0 Å². The van der Waals surface area contributed by atoms with Crippen LogP contribution in [0.1, 0.15) is 41.9 Å². The lowest BCUT2D eigenvalue weighted by atomic mass is 9.93. The van der Waals surface area contributed by atoms with Gasteiger partial charge in [0.1, 0.15) is 11.4 Å². The number of anilines is 1. The van der Waals surface area contributed by atoms with Gasteiger partial charge in [-0.25, -0.2) is 0 Å². The van der Waals surface area contributed by atoms with Gasteiger partial charge < -0.3 is 15.0 Å². The number of nitrogens with one attached hydrogen (secondary N) is 2. The third kappa shape index (κ3) is 5.04. The van der Waals surface area contributed by atoms with Gasteiger partial charge in [0.05, 0.1) is 12.8 Å². The zero-order chi connectivity index (χ0) is 20.1. The highest BCUT2D eigenvalue weighted by molar-refractivity contribution is 6.31. The molecule has 1 aromatic heterocycles. The smallest absolute Gasteiger partial charge is 0.274 e. The summed E-state index contributed by atoms with van der Waals surface area (Å²) in [5, 5.41) is 10.3. The largest absolute Gasteiger partial charge is 0.495 e. The molecule has 1 saturated heterocycles. The molecule has 28 heavy (non-hydrogen) atoms. The Morgan fingerprint density at radius 1 is 1.39 bits per heavy atom. The highest BCUT2D eigenvalue weighted by Gasteiger charge is 2.26. The van der Waals surface area contributed by atoms with E-state index in [2.05, 4.69) is 15.5 Å². The Balaban J connectivity index is 1.52. The predicted molar refractivity (Wildman–Crippen MR) is 108 cm³/mol. The van der Waals surface area contributed by atoms with Crippen molar-refractivity contribution in [3.8, 4) is 5.75 Å². The van der Waals surface area contributed by atoms with Crippen molar-refractivity contribution in [1.29, 1.82) is 0 Å². The van der Waals surface area contributed by atoms with Crippen LogP contribution in [0.25, 0.3) is 0 Å². The molecule has 2 aromatic rings. The van der Waals surface area contributed by atoms with Crippen molar-refractivity contribution in [2.24, 2.45) is 5.92 Å². The third-order valence-corrected chi connectivity index (χ3v) is 5.18. The van der Waals surface area contributed by atoms with Gasteiger partial charge in [0.15, 0.2) is 0 Å². The van der Waals surface area contributed by atoms with Crippen molar-refractivity contribution in [3.05, 3.63) is 40.7 Å². The lowest BCUT2D eigenvalue weighted by molar-refractivity contribution is -0.116. The van der Waals surface area contributed by atoms with Gasteiger partial charge in [0.2, 0.25) is 5.91 Å². The topological polar surface area (TPSA) is 87.3 Å². The normalized spacial score (nSPS) is 16.7. The second-order valence-electron chi connectivity index (χ2n) is 7.13. The van der Waals surface area contributed by atoms with Gasteiger partial charge in [-0.3, -0.25) is 14.7 Å². The van der Waals surface area contributed by atoms with E-state index in [1.807, 2.05) is 11.8 Å². The average molecular weight is 405 g/mol. The number of carbonyl (C=O) groups excluding carboxylic acids is 2. The SMILES string of the molecule is COc1ccc(Cl)cc1NC(=O)CCC1CCCN(C(=O)c2cc(C)[nH]n2)C1. The molecule has 150 valence electrons. The molecule has 1 fully saturated rings. The monoisotopic (exact) mass is 404 g/mol. The number of piperidine rings is 1. The fraction of sp³-hybridized carbons (Fsp3) is 0.450. The van der Waals surface area contributed by atoms with Crippen LogP contribution >= 0.6 is 11.6 Å². The van der Waals surface area contributed by atoms with E-state index in [0.717, 1.165) is 31.5 Å². The van der Waals surface area contributed by atoms with Gasteiger partial charge >= 0.3 is 0 Å². The fourth-order valence-electron chi connectivity index (χ4n) is 3.50. The number of likely N-dealkylation sites (tertiary alicyclic amines) is 1. The second-order valence-corrected chi connectivity index (χ2v) is 7.56. The van der Waals surface area contributed by atoms with Crippen molar-refractivity contribution < 1.29 is 14.3 Å². The number of rotatable bonds is 6. The van der Waals surface area contributed by atoms with E-state index in [1.54, 1.807) is 31.4 Å². The van der Waals surface area contributed by atoms with Crippen molar-refractivity contribution >= 4 is 29.1 Å². The summed E-state index contributed by atoms with van der Waals surface area (Å²) in [4.78, 5) is 26.8. The molecule has 7 nitrogen and oxygen atoms in total. The van der Waals surface area contributed by atoms with Crippen LogP contribution in [0, 0.1) is 12.8 Å². The maximum atomic E-state index is 12.6. The van der Waals surface area contributed by atoms with Crippen molar-refractivity contribution in [3.63, 3.8) is 0 Å². The van der Waals surface area contributed by atoms with Crippen LogP contribution in [-0.2, 0) is 4.79 Å². The van der Waals surface area contributed by atoms with E-state index in [1.165, 1.54) is 0 Å². The first-order valence-electron chi connectivity index (χ1n) is 9.41. The molecule has 1 unspecified atom stereocenters. The number of hydrogen-bond acceptors (Lipinski definition) is 4. The molecule has 0 radical (unpaired) electrons. The van der Waals surface area contributed by atoms with Crippen LogP contribution in [0.15, 0.2) is 24.3 Å². The van der Waals surface area contributed by atoms with E-state index in [9.17, 15) is 9.59 Å². The number of aromatic nitrogens is 2. The van der Waals surface area contributed by atoms with Crippen molar-refractivity contribution in [2.45, 2.75) is 32.6 Å². The molecule has 2 amide bonds. The summed E-state index contributed by atoms with van der Waals surface area (Å²) in [6.07, 6.45) is 3.04. The molecule has 8 heteroatoms. The Hall–Kier alpha value is -2.54. The summed E-state index contributed by atoms with van der Waals surface area (Å²) in [5.74, 6) is 0.723.